The number of aliphatic carboxylic acids is 2. The first-order valence-electron chi connectivity index (χ1n) is 13.8. The lowest BCUT2D eigenvalue weighted by Gasteiger charge is -2.26. The highest BCUT2D eigenvalue weighted by atomic mass is 16.4. The number of primary amides is 2. The Morgan fingerprint density at radius 3 is 1.07 bits per heavy atom. The molecule has 0 aliphatic carbocycles. The third-order valence-electron chi connectivity index (χ3n) is 6.76. The fourth-order valence-electron chi connectivity index (χ4n) is 4.72. The molecule has 0 aliphatic heterocycles. The average molecular weight is 583 g/mol. The maximum atomic E-state index is 12.7. The van der Waals surface area contributed by atoms with E-state index < -0.39 is 47.9 Å². The van der Waals surface area contributed by atoms with Gasteiger partial charge in [-0.25, -0.2) is 29.0 Å². The summed E-state index contributed by atoms with van der Waals surface area (Å²) in [4.78, 5) is 74.1. The summed E-state index contributed by atoms with van der Waals surface area (Å²) in [6, 6.07) is 10.7. The third-order valence-corrected chi connectivity index (χ3v) is 6.76. The fraction of sp³-hybridized carbons (Fsp3) is 0.400. The molecular formula is C30H38N4O8. The van der Waals surface area contributed by atoms with E-state index in [0.29, 0.717) is 35.5 Å². The molecule has 0 radical (unpaired) electrons. The van der Waals surface area contributed by atoms with E-state index in [0.717, 1.165) is 25.7 Å². The molecule has 0 saturated carbocycles. The average Bonchev–Trinajstić information content (AvgIpc) is 2.95. The van der Waals surface area contributed by atoms with Gasteiger partial charge in [-0.1, -0.05) is 99.2 Å². The number of nitrogens with two attached hydrogens (primary N) is 2. The van der Waals surface area contributed by atoms with E-state index in [1.54, 1.807) is 36.4 Å². The first-order valence-corrected chi connectivity index (χ1v) is 13.8. The molecule has 2 aromatic carbocycles. The highest BCUT2D eigenvalue weighted by molar-refractivity contribution is 5.99. The maximum absolute atomic E-state index is 12.7. The van der Waals surface area contributed by atoms with Gasteiger partial charge >= 0.3 is 24.0 Å². The van der Waals surface area contributed by atoms with Crippen LogP contribution in [0.4, 0.5) is 9.59 Å². The Morgan fingerprint density at radius 1 is 0.524 bits per heavy atom. The Labute approximate surface area is 244 Å². The van der Waals surface area contributed by atoms with Crippen molar-refractivity contribution in [2.24, 2.45) is 11.5 Å². The van der Waals surface area contributed by atoms with Crippen LogP contribution >= 0.6 is 0 Å². The quantitative estimate of drug-likeness (QED) is 0.197. The van der Waals surface area contributed by atoms with Crippen molar-refractivity contribution in [3.8, 4) is 0 Å². The predicted octanol–water partition coefficient (Wildman–Crippen LogP) is 4.35. The van der Waals surface area contributed by atoms with E-state index in [1.807, 2.05) is 0 Å². The van der Waals surface area contributed by atoms with Gasteiger partial charge < -0.3 is 21.7 Å². The van der Waals surface area contributed by atoms with Gasteiger partial charge in [-0.15, -0.1) is 0 Å². The van der Waals surface area contributed by atoms with Crippen LogP contribution < -0.4 is 11.5 Å². The Hall–Kier alpha value is -4.74. The number of urea groups is 2. The van der Waals surface area contributed by atoms with E-state index in [1.165, 1.54) is 24.3 Å². The van der Waals surface area contributed by atoms with E-state index in [2.05, 4.69) is 0 Å². The molecule has 0 fully saturated rings. The molecule has 0 spiro atoms. The number of hydrogen-bond donors (Lipinski definition) is 4. The molecule has 2 rings (SSSR count). The molecule has 42 heavy (non-hydrogen) atoms. The second-order valence-corrected chi connectivity index (χ2v) is 9.84. The Kier molecular flexibility index (Phi) is 13.7. The van der Waals surface area contributed by atoms with Crippen molar-refractivity contribution in [2.75, 3.05) is 0 Å². The molecule has 2 atom stereocenters. The number of unbranched alkanes of at least 4 members (excludes halogenated alkanes) is 7. The van der Waals surface area contributed by atoms with Gasteiger partial charge in [-0.3, -0.25) is 9.59 Å². The van der Waals surface area contributed by atoms with Crippen LogP contribution in [0.15, 0.2) is 60.7 Å². The molecule has 0 heterocycles. The summed E-state index contributed by atoms with van der Waals surface area (Å²) >= 11 is 0. The van der Waals surface area contributed by atoms with Crippen LogP contribution in [0, 0.1) is 0 Å². The molecule has 0 aliphatic rings. The van der Waals surface area contributed by atoms with Crippen LogP contribution in [0.2, 0.25) is 0 Å². The summed E-state index contributed by atoms with van der Waals surface area (Å²) in [5.74, 6) is -4.00. The van der Waals surface area contributed by atoms with E-state index >= 15 is 0 Å². The zero-order valence-electron chi connectivity index (χ0n) is 23.4. The molecule has 6 amide bonds. The monoisotopic (exact) mass is 582 g/mol. The zero-order chi connectivity index (χ0) is 31.1. The molecule has 2 unspecified atom stereocenters. The molecule has 12 heteroatoms. The number of carbonyl (C=O) groups is 6. The summed E-state index contributed by atoms with van der Waals surface area (Å²) in [6.45, 7) is 0. The normalized spacial score (nSPS) is 12.1. The second-order valence-electron chi connectivity index (χ2n) is 9.84. The topological polar surface area (TPSA) is 201 Å². The number of amides is 6. The van der Waals surface area contributed by atoms with Crippen LogP contribution in [0.3, 0.4) is 0 Å². The molecule has 0 bridgehead atoms. The number of hydrogen-bond acceptors (Lipinski definition) is 6. The minimum Gasteiger partial charge on any atom is -0.479 e. The van der Waals surface area contributed by atoms with Crippen molar-refractivity contribution in [1.82, 2.24) is 9.80 Å². The summed E-state index contributed by atoms with van der Waals surface area (Å²) in [5, 5.41) is 19.3. The second kappa shape index (κ2) is 17.2. The van der Waals surface area contributed by atoms with Crippen molar-refractivity contribution in [3.63, 3.8) is 0 Å². The Morgan fingerprint density at radius 2 is 0.810 bits per heavy atom. The summed E-state index contributed by atoms with van der Waals surface area (Å²) in [5.41, 5.74) is 11.3. The smallest absolute Gasteiger partial charge is 0.331 e. The number of carboxylic acid groups (broad SMARTS) is 2. The number of imide groups is 2. The first kappa shape index (κ1) is 33.5. The van der Waals surface area contributed by atoms with Crippen LogP contribution in [0.5, 0.6) is 0 Å². The molecule has 0 saturated heterocycles. The van der Waals surface area contributed by atoms with Crippen LogP contribution in [0.1, 0.15) is 87.4 Å². The molecule has 6 N–H and O–H groups in total. The van der Waals surface area contributed by atoms with Gasteiger partial charge in [0.2, 0.25) is 11.8 Å². The highest BCUT2D eigenvalue weighted by Gasteiger charge is 2.35. The van der Waals surface area contributed by atoms with E-state index in [9.17, 15) is 39.0 Å². The predicted molar refractivity (Wildman–Crippen MR) is 153 cm³/mol. The number of nitrogens with zero attached hydrogens (tertiary/aromatic N) is 2. The highest BCUT2D eigenvalue weighted by Crippen LogP contribution is 2.24. The third kappa shape index (κ3) is 10.0. The standard InChI is InChI=1S/C30H38N4O8/c31-29(41)33(25(27(37)38)21-15-9-7-10-16-21)23(35)19-13-5-3-1-2-4-6-14-20-24(36)34(30(32)42)26(28(39)40)22-17-11-8-12-18-22/h7-12,15-18,25-26H,1-6,13-14,19-20H2,(H2,31,41)(H2,32,42)(H,37,38)(H,39,40). The van der Waals surface area contributed by atoms with Crippen molar-refractivity contribution < 1.29 is 39.0 Å². The minimum absolute atomic E-state index is 0.0155. The Bertz CT molecular complexity index is 1130. The SMILES string of the molecule is NC(=O)N(C(=O)CCCCCCCCCCC(=O)N(C(N)=O)C(C(=O)O)c1ccccc1)C(C(=O)O)c1ccccc1. The fourth-order valence-corrected chi connectivity index (χ4v) is 4.72. The molecule has 2 aromatic rings. The molecule has 0 aromatic heterocycles. The maximum Gasteiger partial charge on any atom is 0.331 e. The van der Waals surface area contributed by atoms with Crippen molar-refractivity contribution in [2.45, 2.75) is 76.3 Å². The molecular weight excluding hydrogens is 544 g/mol. The number of benzene rings is 2. The molecule has 226 valence electrons. The lowest BCUT2D eigenvalue weighted by Crippen LogP contribution is -2.46. The van der Waals surface area contributed by atoms with Crippen molar-refractivity contribution in [3.05, 3.63) is 71.8 Å². The largest absolute Gasteiger partial charge is 0.479 e. The summed E-state index contributed by atoms with van der Waals surface area (Å²) in [7, 11) is 0. The van der Waals surface area contributed by atoms with Gasteiger partial charge in [0.05, 0.1) is 0 Å². The number of carbonyl (C=O) groups excluding carboxylic acids is 4. The Balaban J connectivity index is 1.71. The lowest BCUT2D eigenvalue weighted by atomic mass is 10.0. The van der Waals surface area contributed by atoms with Gasteiger partial charge in [-0.2, -0.15) is 0 Å². The van der Waals surface area contributed by atoms with Gasteiger partial charge in [0.1, 0.15) is 0 Å². The van der Waals surface area contributed by atoms with Gasteiger partial charge in [0.25, 0.3) is 0 Å². The van der Waals surface area contributed by atoms with Crippen LogP contribution in [-0.4, -0.2) is 55.8 Å². The van der Waals surface area contributed by atoms with Crippen molar-refractivity contribution in [1.29, 1.82) is 0 Å². The van der Waals surface area contributed by atoms with Gasteiger partial charge in [0, 0.05) is 12.8 Å². The number of carboxylic acids is 2. The van der Waals surface area contributed by atoms with E-state index in [-0.39, 0.29) is 24.0 Å². The number of rotatable bonds is 17. The summed E-state index contributed by atoms with van der Waals surface area (Å²) < 4.78 is 0. The van der Waals surface area contributed by atoms with Gasteiger partial charge in [0.15, 0.2) is 12.1 Å². The zero-order valence-corrected chi connectivity index (χ0v) is 23.4. The van der Waals surface area contributed by atoms with Gasteiger partial charge in [-0.05, 0) is 24.0 Å². The lowest BCUT2D eigenvalue weighted by molar-refractivity contribution is -0.148. The first-order chi connectivity index (χ1) is 20.1. The van der Waals surface area contributed by atoms with Crippen molar-refractivity contribution >= 4 is 35.8 Å². The van der Waals surface area contributed by atoms with Crippen LogP contribution in [-0.2, 0) is 19.2 Å². The molecule has 12 nitrogen and oxygen atoms in total. The van der Waals surface area contributed by atoms with E-state index in [4.69, 9.17) is 11.5 Å². The summed E-state index contributed by atoms with van der Waals surface area (Å²) in [6.07, 6.45) is 5.66. The van der Waals surface area contributed by atoms with Crippen LogP contribution in [0.25, 0.3) is 0 Å². The minimum atomic E-state index is -1.49.